The third-order valence-electron chi connectivity index (χ3n) is 4.11. The minimum Gasteiger partial charge on any atom is -0.490 e. The van der Waals surface area contributed by atoms with Gasteiger partial charge in [-0.2, -0.15) is 0 Å². The van der Waals surface area contributed by atoms with Crippen molar-refractivity contribution in [3.63, 3.8) is 0 Å². The van der Waals surface area contributed by atoms with Gasteiger partial charge in [-0.3, -0.25) is 4.99 Å². The lowest BCUT2D eigenvalue weighted by Gasteiger charge is -2.14. The number of hydrogen-bond donors (Lipinski definition) is 2. The summed E-state index contributed by atoms with van der Waals surface area (Å²) in [6, 6.07) is 6.12. The highest BCUT2D eigenvalue weighted by Gasteiger charge is 2.07. The molecule has 0 aliphatic rings. The maximum atomic E-state index is 5.70. The Balaban J connectivity index is 0.00000420. The van der Waals surface area contributed by atoms with E-state index in [2.05, 4.69) is 45.0 Å². The van der Waals surface area contributed by atoms with E-state index in [4.69, 9.17) is 9.47 Å². The van der Waals surface area contributed by atoms with E-state index in [1.54, 1.807) is 18.4 Å². The minimum atomic E-state index is 0. The molecule has 2 N–H and O–H groups in total. The maximum absolute atomic E-state index is 5.70. The summed E-state index contributed by atoms with van der Waals surface area (Å²) in [5, 5.41) is 10.0. The molecule has 0 bridgehead atoms. The Labute approximate surface area is 195 Å². The Bertz CT molecular complexity index is 752. The van der Waals surface area contributed by atoms with Gasteiger partial charge in [-0.1, -0.05) is 13.0 Å². The van der Waals surface area contributed by atoms with Crippen LogP contribution in [0.2, 0.25) is 0 Å². The van der Waals surface area contributed by atoms with Gasteiger partial charge >= 0.3 is 0 Å². The molecular formula is C21H33IN4O2S. The van der Waals surface area contributed by atoms with Crippen LogP contribution in [0.25, 0.3) is 0 Å². The van der Waals surface area contributed by atoms with Crippen molar-refractivity contribution in [1.29, 1.82) is 0 Å². The lowest BCUT2D eigenvalue weighted by Crippen LogP contribution is -2.39. The molecule has 0 saturated heterocycles. The van der Waals surface area contributed by atoms with E-state index in [1.807, 2.05) is 19.9 Å². The average Bonchev–Trinajstić information content (AvgIpc) is 3.17. The van der Waals surface area contributed by atoms with Gasteiger partial charge in [-0.15, -0.1) is 35.3 Å². The number of ether oxygens (including phenoxy) is 2. The first-order chi connectivity index (χ1) is 13.7. The quantitative estimate of drug-likeness (QED) is 0.260. The fourth-order valence-corrected chi connectivity index (χ4v) is 3.51. The van der Waals surface area contributed by atoms with Gasteiger partial charge in [0.05, 0.1) is 23.9 Å². The summed E-state index contributed by atoms with van der Waals surface area (Å²) in [6.07, 6.45) is 2.77. The summed E-state index contributed by atoms with van der Waals surface area (Å²) < 4.78 is 11.3. The smallest absolute Gasteiger partial charge is 0.190 e. The van der Waals surface area contributed by atoms with Crippen LogP contribution in [-0.4, -0.2) is 44.3 Å². The molecule has 0 unspecified atom stereocenters. The first-order valence-electron chi connectivity index (χ1n) is 9.96. The number of hydrogen-bond acceptors (Lipinski definition) is 5. The predicted octanol–water partition coefficient (Wildman–Crippen LogP) is 4.07. The zero-order valence-electron chi connectivity index (χ0n) is 17.8. The van der Waals surface area contributed by atoms with Crippen molar-refractivity contribution in [3.8, 4) is 11.5 Å². The SMILES string of the molecule is CCOc1ccc(CCNC(=NC)NCCc2csc(CC)n2)cc1OCC.I. The first-order valence-corrected chi connectivity index (χ1v) is 10.8. The number of benzene rings is 1. The van der Waals surface area contributed by atoms with E-state index in [9.17, 15) is 0 Å². The van der Waals surface area contributed by atoms with Gasteiger partial charge in [-0.25, -0.2) is 4.98 Å². The Morgan fingerprint density at radius 2 is 1.72 bits per heavy atom. The Morgan fingerprint density at radius 1 is 1.03 bits per heavy atom. The summed E-state index contributed by atoms with van der Waals surface area (Å²) in [5.74, 6) is 2.41. The topological polar surface area (TPSA) is 67.8 Å². The van der Waals surface area contributed by atoms with E-state index < -0.39 is 0 Å². The highest BCUT2D eigenvalue weighted by molar-refractivity contribution is 14.0. The van der Waals surface area contributed by atoms with Crippen LogP contribution < -0.4 is 20.1 Å². The molecule has 0 fully saturated rings. The highest BCUT2D eigenvalue weighted by Crippen LogP contribution is 2.28. The molecular weight excluding hydrogens is 499 g/mol. The lowest BCUT2D eigenvalue weighted by atomic mass is 10.1. The summed E-state index contributed by atoms with van der Waals surface area (Å²) in [7, 11) is 1.79. The zero-order valence-corrected chi connectivity index (χ0v) is 20.9. The minimum absolute atomic E-state index is 0. The molecule has 0 aliphatic carbocycles. The van der Waals surface area contributed by atoms with E-state index >= 15 is 0 Å². The van der Waals surface area contributed by atoms with Crippen molar-refractivity contribution in [2.24, 2.45) is 4.99 Å². The Kier molecular flexibility index (Phi) is 12.7. The van der Waals surface area contributed by atoms with Gasteiger partial charge < -0.3 is 20.1 Å². The number of aromatic nitrogens is 1. The Morgan fingerprint density at radius 3 is 2.34 bits per heavy atom. The molecule has 0 aliphatic heterocycles. The zero-order chi connectivity index (χ0) is 20.2. The fraction of sp³-hybridized carbons (Fsp3) is 0.524. The molecule has 1 aromatic heterocycles. The molecule has 2 rings (SSSR count). The van der Waals surface area contributed by atoms with Crippen LogP contribution in [0.1, 0.15) is 37.0 Å². The van der Waals surface area contributed by atoms with Crippen LogP contribution in [0.5, 0.6) is 11.5 Å². The standard InChI is InChI=1S/C21H32N4O2S.HI/c1-5-20-25-17(15-28-20)11-13-24-21(22-4)23-12-10-16-8-9-18(26-6-2)19(14-16)27-7-3;/h8-9,14-15H,5-7,10-13H2,1-4H3,(H2,22,23,24);1H. The van der Waals surface area contributed by atoms with Crippen LogP contribution >= 0.6 is 35.3 Å². The van der Waals surface area contributed by atoms with Crippen molar-refractivity contribution >= 4 is 41.3 Å². The van der Waals surface area contributed by atoms with Crippen molar-refractivity contribution in [3.05, 3.63) is 39.8 Å². The second-order valence-corrected chi connectivity index (χ2v) is 7.10. The molecule has 2 aromatic rings. The van der Waals surface area contributed by atoms with E-state index in [1.165, 1.54) is 10.6 Å². The van der Waals surface area contributed by atoms with E-state index in [-0.39, 0.29) is 24.0 Å². The van der Waals surface area contributed by atoms with Gasteiger partial charge in [0.1, 0.15) is 0 Å². The second-order valence-electron chi connectivity index (χ2n) is 6.16. The molecule has 1 aromatic carbocycles. The summed E-state index contributed by atoms with van der Waals surface area (Å²) in [6.45, 7) is 8.94. The van der Waals surface area contributed by atoms with Crippen molar-refractivity contribution in [1.82, 2.24) is 15.6 Å². The number of nitrogens with one attached hydrogen (secondary N) is 2. The molecule has 0 spiro atoms. The highest BCUT2D eigenvalue weighted by atomic mass is 127. The predicted molar refractivity (Wildman–Crippen MR) is 132 cm³/mol. The van der Waals surface area contributed by atoms with Crippen molar-refractivity contribution in [2.45, 2.75) is 40.0 Å². The molecule has 162 valence electrons. The Hall–Kier alpha value is -1.55. The number of rotatable bonds is 11. The number of guanidine groups is 1. The molecule has 0 saturated carbocycles. The normalized spacial score (nSPS) is 11.0. The van der Waals surface area contributed by atoms with Crippen LogP contribution in [0, 0.1) is 0 Å². The van der Waals surface area contributed by atoms with Crippen LogP contribution in [-0.2, 0) is 19.3 Å². The average molecular weight is 532 g/mol. The van der Waals surface area contributed by atoms with Crippen LogP contribution in [0.15, 0.2) is 28.6 Å². The monoisotopic (exact) mass is 532 g/mol. The lowest BCUT2D eigenvalue weighted by molar-refractivity contribution is 0.287. The van der Waals surface area contributed by atoms with E-state index in [0.717, 1.165) is 55.5 Å². The number of thiazole rings is 1. The summed E-state index contributed by atoms with van der Waals surface area (Å²) in [4.78, 5) is 8.88. The first kappa shape index (κ1) is 25.5. The molecule has 8 heteroatoms. The van der Waals surface area contributed by atoms with Gasteiger partial charge in [0.2, 0.25) is 0 Å². The molecule has 29 heavy (non-hydrogen) atoms. The number of halogens is 1. The second kappa shape index (κ2) is 14.4. The van der Waals surface area contributed by atoms with Crippen LogP contribution in [0.3, 0.4) is 0 Å². The summed E-state index contributed by atoms with van der Waals surface area (Å²) in [5.41, 5.74) is 2.34. The van der Waals surface area contributed by atoms with Crippen molar-refractivity contribution in [2.75, 3.05) is 33.4 Å². The molecule has 0 amide bonds. The molecule has 0 radical (unpaired) electrons. The molecule has 6 nitrogen and oxygen atoms in total. The van der Waals surface area contributed by atoms with E-state index in [0.29, 0.717) is 13.2 Å². The summed E-state index contributed by atoms with van der Waals surface area (Å²) >= 11 is 1.73. The number of aliphatic imine (C=N–C) groups is 1. The largest absolute Gasteiger partial charge is 0.490 e. The molecule has 0 atom stereocenters. The third kappa shape index (κ3) is 8.77. The third-order valence-corrected chi connectivity index (χ3v) is 5.15. The van der Waals surface area contributed by atoms with Gasteiger partial charge in [-0.05, 0) is 44.4 Å². The maximum Gasteiger partial charge on any atom is 0.190 e. The number of nitrogens with zero attached hydrogens (tertiary/aromatic N) is 2. The van der Waals surface area contributed by atoms with Gasteiger partial charge in [0.25, 0.3) is 0 Å². The number of aryl methyl sites for hydroxylation is 1. The van der Waals surface area contributed by atoms with Gasteiger partial charge in [0.15, 0.2) is 17.5 Å². The van der Waals surface area contributed by atoms with Gasteiger partial charge in [0, 0.05) is 31.9 Å². The van der Waals surface area contributed by atoms with Crippen LogP contribution in [0.4, 0.5) is 0 Å². The van der Waals surface area contributed by atoms with Crippen molar-refractivity contribution < 1.29 is 9.47 Å². The molecule has 1 heterocycles. The fourth-order valence-electron chi connectivity index (χ4n) is 2.73.